The van der Waals surface area contributed by atoms with Crippen LogP contribution < -0.4 is 0 Å². The van der Waals surface area contributed by atoms with Crippen molar-refractivity contribution in [3.63, 3.8) is 0 Å². The highest BCUT2D eigenvalue weighted by Crippen LogP contribution is 2.15. The highest BCUT2D eigenvalue weighted by Gasteiger charge is 2.27. The molecule has 0 saturated carbocycles. The van der Waals surface area contributed by atoms with Crippen LogP contribution in [0.15, 0.2) is 18.2 Å². The minimum absolute atomic E-state index is 0.0427. The van der Waals surface area contributed by atoms with Gasteiger partial charge >= 0.3 is 6.18 Å². The van der Waals surface area contributed by atoms with Crippen molar-refractivity contribution in [3.8, 4) is 0 Å². The van der Waals surface area contributed by atoms with Gasteiger partial charge in [-0.1, -0.05) is 17.2 Å². The van der Waals surface area contributed by atoms with Crippen LogP contribution in [0.4, 0.5) is 13.2 Å². The van der Waals surface area contributed by atoms with E-state index in [0.29, 0.717) is 5.56 Å². The highest BCUT2D eigenvalue weighted by molar-refractivity contribution is 5.96. The van der Waals surface area contributed by atoms with Crippen molar-refractivity contribution < 1.29 is 22.7 Å². The average molecular weight is 260 g/mol. The van der Waals surface area contributed by atoms with Crippen LogP contribution in [0.1, 0.15) is 27.9 Å². The number of carbonyl (C=O) groups excluding carboxylic acids is 1. The van der Waals surface area contributed by atoms with Crippen molar-refractivity contribution in [1.29, 1.82) is 0 Å². The van der Waals surface area contributed by atoms with E-state index in [1.165, 1.54) is 0 Å². The topological polar surface area (TPSA) is 26.3 Å². The molecule has 2 nitrogen and oxygen atoms in total. The maximum Gasteiger partial charge on any atom is 0.411 e. The van der Waals surface area contributed by atoms with E-state index in [0.717, 1.165) is 11.1 Å². The molecule has 0 aliphatic heterocycles. The van der Waals surface area contributed by atoms with Crippen LogP contribution in [0.2, 0.25) is 0 Å². The Morgan fingerprint density at radius 1 is 1.17 bits per heavy atom. The molecule has 0 aromatic heterocycles. The van der Waals surface area contributed by atoms with Gasteiger partial charge in [0.2, 0.25) is 0 Å². The van der Waals surface area contributed by atoms with Gasteiger partial charge in [-0.2, -0.15) is 13.2 Å². The lowest BCUT2D eigenvalue weighted by Crippen LogP contribution is -2.18. The molecule has 0 fully saturated rings. The SMILES string of the molecule is Cc1cc(C)cc(C(=O)CCOCC(F)(F)F)c1. The van der Waals surface area contributed by atoms with E-state index >= 15 is 0 Å². The molecule has 0 atom stereocenters. The first kappa shape index (κ1) is 14.7. The molecule has 0 saturated heterocycles. The fraction of sp³-hybridized carbons (Fsp3) is 0.462. The molecule has 0 N–H and O–H groups in total. The predicted octanol–water partition coefficient (Wildman–Crippen LogP) is 3.46. The van der Waals surface area contributed by atoms with Crippen LogP contribution in [-0.2, 0) is 4.74 Å². The first-order chi connectivity index (χ1) is 8.28. The zero-order valence-electron chi connectivity index (χ0n) is 10.3. The van der Waals surface area contributed by atoms with Crippen molar-refractivity contribution >= 4 is 5.78 Å². The summed E-state index contributed by atoms with van der Waals surface area (Å²) in [6, 6.07) is 5.37. The van der Waals surface area contributed by atoms with Gasteiger partial charge in [-0.05, 0) is 26.0 Å². The number of rotatable bonds is 5. The summed E-state index contributed by atoms with van der Waals surface area (Å²) in [5, 5.41) is 0. The third-order valence-electron chi connectivity index (χ3n) is 2.28. The van der Waals surface area contributed by atoms with E-state index in [-0.39, 0.29) is 18.8 Å². The fourth-order valence-corrected chi connectivity index (χ4v) is 1.63. The molecule has 0 bridgehead atoms. The number of hydrogen-bond acceptors (Lipinski definition) is 2. The molecule has 18 heavy (non-hydrogen) atoms. The molecule has 1 aromatic carbocycles. The Bertz CT molecular complexity index is 404. The molecule has 0 radical (unpaired) electrons. The molecule has 0 amide bonds. The lowest BCUT2D eigenvalue weighted by atomic mass is 10.0. The Labute approximate surface area is 104 Å². The van der Waals surface area contributed by atoms with E-state index in [2.05, 4.69) is 4.74 Å². The van der Waals surface area contributed by atoms with Crippen LogP contribution >= 0.6 is 0 Å². The normalized spacial score (nSPS) is 11.6. The molecular weight excluding hydrogens is 245 g/mol. The second-order valence-corrected chi connectivity index (χ2v) is 4.22. The number of benzene rings is 1. The molecule has 0 aliphatic carbocycles. The summed E-state index contributed by atoms with van der Waals surface area (Å²) in [7, 11) is 0. The van der Waals surface area contributed by atoms with E-state index in [4.69, 9.17) is 0 Å². The number of carbonyl (C=O) groups is 1. The van der Waals surface area contributed by atoms with E-state index < -0.39 is 12.8 Å². The number of Topliss-reactive ketones (excluding diaryl/α,β-unsaturated/α-hetero) is 1. The molecule has 1 aromatic rings. The Balaban J connectivity index is 2.46. The van der Waals surface area contributed by atoms with E-state index in [1.807, 2.05) is 19.9 Å². The lowest BCUT2D eigenvalue weighted by molar-refractivity contribution is -0.173. The molecular formula is C13H15F3O2. The molecule has 0 unspecified atom stereocenters. The van der Waals surface area contributed by atoms with Crippen molar-refractivity contribution in [2.75, 3.05) is 13.2 Å². The fourth-order valence-electron chi connectivity index (χ4n) is 1.63. The third-order valence-corrected chi connectivity index (χ3v) is 2.28. The maximum absolute atomic E-state index is 11.8. The van der Waals surface area contributed by atoms with Crippen molar-refractivity contribution in [2.45, 2.75) is 26.4 Å². The lowest BCUT2D eigenvalue weighted by Gasteiger charge is -2.07. The molecule has 5 heteroatoms. The number of hydrogen-bond donors (Lipinski definition) is 0. The zero-order chi connectivity index (χ0) is 13.8. The van der Waals surface area contributed by atoms with Crippen LogP contribution in [0.3, 0.4) is 0 Å². The number of alkyl halides is 3. The minimum atomic E-state index is -4.34. The summed E-state index contributed by atoms with van der Waals surface area (Å²) in [6.45, 7) is 2.20. The second kappa shape index (κ2) is 6.00. The predicted molar refractivity (Wildman–Crippen MR) is 61.7 cm³/mol. The number of ketones is 1. The van der Waals surface area contributed by atoms with Crippen LogP contribution in [0.25, 0.3) is 0 Å². The summed E-state index contributed by atoms with van der Waals surface area (Å²) in [5.74, 6) is -0.205. The average Bonchev–Trinajstić information content (AvgIpc) is 2.21. The summed E-state index contributed by atoms with van der Waals surface area (Å²) in [5.41, 5.74) is 2.42. The molecule has 1 rings (SSSR count). The molecule has 100 valence electrons. The Morgan fingerprint density at radius 3 is 2.22 bits per heavy atom. The highest BCUT2D eigenvalue weighted by atomic mass is 19.4. The van der Waals surface area contributed by atoms with Gasteiger partial charge in [-0.15, -0.1) is 0 Å². The van der Waals surface area contributed by atoms with Gasteiger partial charge in [-0.25, -0.2) is 0 Å². The van der Waals surface area contributed by atoms with E-state index in [1.54, 1.807) is 12.1 Å². The molecule has 0 aliphatic rings. The number of halogens is 3. The van der Waals surface area contributed by atoms with E-state index in [9.17, 15) is 18.0 Å². The van der Waals surface area contributed by atoms with Gasteiger partial charge in [0, 0.05) is 12.0 Å². The van der Waals surface area contributed by atoms with Crippen molar-refractivity contribution in [3.05, 3.63) is 34.9 Å². The summed E-state index contributed by atoms with van der Waals surface area (Å²) in [6.07, 6.45) is -4.39. The summed E-state index contributed by atoms with van der Waals surface area (Å²) >= 11 is 0. The van der Waals surface area contributed by atoms with Gasteiger partial charge < -0.3 is 4.74 Å². The van der Waals surface area contributed by atoms with Gasteiger partial charge in [0.15, 0.2) is 5.78 Å². The summed E-state index contributed by atoms with van der Waals surface area (Å²) in [4.78, 5) is 11.7. The monoisotopic (exact) mass is 260 g/mol. The van der Waals surface area contributed by atoms with Gasteiger partial charge in [0.25, 0.3) is 0 Å². The molecule has 0 spiro atoms. The Morgan fingerprint density at radius 2 is 1.72 bits per heavy atom. The first-order valence-electron chi connectivity index (χ1n) is 5.54. The smallest absolute Gasteiger partial charge is 0.372 e. The van der Waals surface area contributed by atoms with Crippen LogP contribution in [0.5, 0.6) is 0 Å². The quantitative estimate of drug-likeness (QED) is 0.598. The second-order valence-electron chi connectivity index (χ2n) is 4.22. The Hall–Kier alpha value is -1.36. The van der Waals surface area contributed by atoms with Gasteiger partial charge in [-0.3, -0.25) is 4.79 Å². The van der Waals surface area contributed by atoms with Crippen LogP contribution in [-0.4, -0.2) is 25.2 Å². The third kappa shape index (κ3) is 5.31. The van der Waals surface area contributed by atoms with Gasteiger partial charge in [0.1, 0.15) is 6.61 Å². The van der Waals surface area contributed by atoms with Gasteiger partial charge in [0.05, 0.1) is 6.61 Å². The zero-order valence-corrected chi connectivity index (χ0v) is 10.3. The number of ether oxygens (including phenoxy) is 1. The van der Waals surface area contributed by atoms with Crippen molar-refractivity contribution in [2.24, 2.45) is 0 Å². The summed E-state index contributed by atoms with van der Waals surface area (Å²) < 4.78 is 39.8. The number of aryl methyl sites for hydroxylation is 2. The first-order valence-corrected chi connectivity index (χ1v) is 5.54. The Kier molecular flexibility index (Phi) is 4.90. The molecule has 0 heterocycles. The largest absolute Gasteiger partial charge is 0.411 e. The van der Waals surface area contributed by atoms with Crippen LogP contribution in [0, 0.1) is 13.8 Å². The standard InChI is InChI=1S/C13H15F3O2/c1-9-5-10(2)7-11(6-9)12(17)3-4-18-8-13(14,15)16/h5-7H,3-4,8H2,1-2H3. The minimum Gasteiger partial charge on any atom is -0.372 e. The maximum atomic E-state index is 11.8. The van der Waals surface area contributed by atoms with Crippen molar-refractivity contribution in [1.82, 2.24) is 0 Å².